The van der Waals surface area contributed by atoms with Crippen molar-refractivity contribution in [2.45, 2.75) is 46.1 Å². The first-order valence-corrected chi connectivity index (χ1v) is 15.4. The van der Waals surface area contributed by atoms with Gasteiger partial charge in [-0.15, -0.1) is 0 Å². The zero-order valence-corrected chi connectivity index (χ0v) is 26.6. The molecular weight excluding hydrogens is 603 g/mol. The van der Waals surface area contributed by atoms with Crippen LogP contribution in [0.25, 0.3) is 21.8 Å². The molecule has 47 heavy (non-hydrogen) atoms. The number of carboxylic acids is 1. The van der Waals surface area contributed by atoms with Crippen LogP contribution >= 0.6 is 0 Å². The van der Waals surface area contributed by atoms with Gasteiger partial charge >= 0.3 is 11.9 Å². The van der Waals surface area contributed by atoms with Gasteiger partial charge in [-0.25, -0.2) is 19.0 Å². The number of benzene rings is 2. The topological polar surface area (TPSA) is 129 Å². The second kappa shape index (κ2) is 14.3. The average Bonchev–Trinajstić information content (AvgIpc) is 3.73. The van der Waals surface area contributed by atoms with Crippen LogP contribution in [-0.4, -0.2) is 37.2 Å². The number of nitrogens with one attached hydrogen (secondary N) is 1. The summed E-state index contributed by atoms with van der Waals surface area (Å²) in [6.45, 7) is 4.89. The molecular formula is C36H37FN4O6. The van der Waals surface area contributed by atoms with Crippen LogP contribution in [0.5, 0.6) is 0 Å². The molecule has 0 unspecified atom stereocenters. The first kappa shape index (κ1) is 32.9. The number of hydrogen-bond acceptors (Lipinski definition) is 6. The third kappa shape index (κ3) is 7.51. The van der Waals surface area contributed by atoms with Crippen molar-refractivity contribution < 1.29 is 33.1 Å². The first-order valence-electron chi connectivity index (χ1n) is 15.4. The van der Waals surface area contributed by atoms with Gasteiger partial charge in [0.2, 0.25) is 11.8 Å². The summed E-state index contributed by atoms with van der Waals surface area (Å²) >= 11 is 0. The maximum absolute atomic E-state index is 13.8. The lowest BCUT2D eigenvalue weighted by Crippen LogP contribution is -2.43. The lowest BCUT2D eigenvalue weighted by atomic mass is 9.94. The van der Waals surface area contributed by atoms with Crippen molar-refractivity contribution in [1.82, 2.24) is 19.6 Å². The molecule has 1 amide bonds. The lowest BCUT2D eigenvalue weighted by molar-refractivity contribution is -0.154. The van der Waals surface area contributed by atoms with Gasteiger partial charge in [-0.3, -0.25) is 4.79 Å². The number of amides is 1. The van der Waals surface area contributed by atoms with E-state index in [1.165, 1.54) is 38.1 Å². The van der Waals surface area contributed by atoms with Crippen molar-refractivity contribution in [3.63, 3.8) is 0 Å². The Bertz CT molecular complexity index is 1970. The van der Waals surface area contributed by atoms with Crippen LogP contribution in [0.15, 0.2) is 89.6 Å². The second-order valence-electron chi connectivity index (χ2n) is 11.7. The number of aromatic nitrogens is 3. The fraction of sp³-hybridized carbons (Fsp3) is 0.278. The van der Waals surface area contributed by atoms with Crippen LogP contribution in [0.1, 0.15) is 60.4 Å². The molecule has 244 valence electrons. The van der Waals surface area contributed by atoms with E-state index in [0.717, 1.165) is 21.2 Å². The Labute approximate surface area is 271 Å². The number of hydrogen-bond donors (Lipinski definition) is 2. The summed E-state index contributed by atoms with van der Waals surface area (Å²) in [5.74, 6) is -4.86. The highest BCUT2D eigenvalue weighted by atomic mass is 19.1. The van der Waals surface area contributed by atoms with Crippen molar-refractivity contribution in [2.24, 2.45) is 18.9 Å². The number of allylic oxidation sites excluding steroid dienone is 4. The van der Waals surface area contributed by atoms with Gasteiger partial charge in [-0.1, -0.05) is 56.4 Å². The van der Waals surface area contributed by atoms with Crippen molar-refractivity contribution >= 4 is 39.7 Å². The smallest absolute Gasteiger partial charge is 0.358 e. The predicted octanol–water partition coefficient (Wildman–Crippen LogP) is 6.49. The molecule has 3 heterocycles. The summed E-state index contributed by atoms with van der Waals surface area (Å²) in [7, 11) is 1.90. The number of para-hydroxylation sites is 1. The van der Waals surface area contributed by atoms with Crippen LogP contribution in [0, 0.1) is 24.6 Å². The van der Waals surface area contributed by atoms with Crippen LogP contribution in [0.2, 0.25) is 0 Å². The number of rotatable bonds is 9. The van der Waals surface area contributed by atoms with E-state index in [0.29, 0.717) is 10.9 Å². The lowest BCUT2D eigenvalue weighted by Gasteiger charge is -2.22. The molecule has 2 atom stereocenters. The number of halogens is 1. The maximum Gasteiger partial charge on any atom is 0.358 e. The highest BCUT2D eigenvalue weighted by Gasteiger charge is 2.35. The Kier molecular flexibility index (Phi) is 10.0. The minimum Gasteiger partial charge on any atom is -0.476 e. The molecule has 10 nitrogen and oxygen atoms in total. The van der Waals surface area contributed by atoms with E-state index < -0.39 is 41.5 Å². The molecule has 0 saturated heterocycles. The minimum absolute atomic E-state index is 0.00364. The molecule has 1 aliphatic carbocycles. The molecule has 5 aromatic rings. The Morgan fingerprint density at radius 3 is 2.43 bits per heavy atom. The van der Waals surface area contributed by atoms with E-state index >= 15 is 0 Å². The molecule has 1 aliphatic rings. The molecule has 0 radical (unpaired) electrons. The number of carbonyl (C=O) groups is 3. The highest BCUT2D eigenvalue weighted by molar-refractivity contribution is 5.98. The van der Waals surface area contributed by atoms with E-state index in [4.69, 9.17) is 9.25 Å². The molecule has 0 saturated carbocycles. The van der Waals surface area contributed by atoms with Crippen LogP contribution in [-0.2, 0) is 23.1 Å². The summed E-state index contributed by atoms with van der Waals surface area (Å²) < 4.78 is 22.6. The number of fused-ring (bicyclic) bond motifs is 2. The van der Waals surface area contributed by atoms with Crippen molar-refractivity contribution in [1.29, 1.82) is 0 Å². The quantitative estimate of drug-likeness (QED) is 0.176. The Hall–Kier alpha value is -5.45. The van der Waals surface area contributed by atoms with Gasteiger partial charge in [0.05, 0.1) is 5.52 Å². The third-order valence-corrected chi connectivity index (χ3v) is 7.93. The molecule has 11 heteroatoms. The van der Waals surface area contributed by atoms with Crippen molar-refractivity contribution in [3.05, 3.63) is 114 Å². The first-order chi connectivity index (χ1) is 22.5. The van der Waals surface area contributed by atoms with Crippen LogP contribution < -0.4 is 10.2 Å². The van der Waals surface area contributed by atoms with Gasteiger partial charge in [0, 0.05) is 48.2 Å². The standard InChI is InChI=1S/C30H29FN4O6.C6H8/c1-16(2)25(30(39)41-35-12-11-18-9-10-20(31)14-24(18)35)27(36)32-22(28-33-26(29(37)38)17(3)40-28)13-19-15-34(4)23-8-6-5-7-21(19)23;1-2-4-6-5-3-1/h5-12,14-16,22,25H,13H2,1-4H3,(H,32,36)(H,37,38);1-4H,5-6H2/t22-,25+;/m1./s1. The average molecular weight is 641 g/mol. The molecule has 2 N–H and O–H groups in total. The Balaban J connectivity index is 0.000000650. The van der Waals surface area contributed by atoms with Crippen LogP contribution in [0.3, 0.4) is 0 Å². The van der Waals surface area contributed by atoms with Crippen molar-refractivity contribution in [3.8, 4) is 0 Å². The summed E-state index contributed by atoms with van der Waals surface area (Å²) in [5.41, 5.74) is 1.92. The molecule has 2 aromatic carbocycles. The van der Waals surface area contributed by atoms with Crippen LogP contribution in [0.4, 0.5) is 4.39 Å². The summed E-state index contributed by atoms with van der Waals surface area (Å²) in [6.07, 6.45) is 14.6. The van der Waals surface area contributed by atoms with E-state index in [2.05, 4.69) is 34.6 Å². The summed E-state index contributed by atoms with van der Waals surface area (Å²) in [6, 6.07) is 12.6. The third-order valence-electron chi connectivity index (χ3n) is 7.93. The number of carbonyl (C=O) groups excluding carboxylic acids is 2. The zero-order chi connectivity index (χ0) is 33.7. The fourth-order valence-corrected chi connectivity index (χ4v) is 5.57. The molecule has 3 aromatic heterocycles. The number of aromatic carboxylic acids is 1. The SMILES string of the molecule is C1=CCCC=C1.Cc1oc([C@@H](Cc2cn(C)c3ccccc23)NC(=O)[C@@H](C(=O)On2ccc3ccc(F)cc32)C(C)C)nc1C(=O)O. The van der Waals surface area contributed by atoms with Gasteiger partial charge in [0.1, 0.15) is 23.5 Å². The zero-order valence-electron chi connectivity index (χ0n) is 26.6. The predicted molar refractivity (Wildman–Crippen MR) is 175 cm³/mol. The molecule has 0 spiro atoms. The van der Waals surface area contributed by atoms with E-state index in [9.17, 15) is 23.9 Å². The largest absolute Gasteiger partial charge is 0.476 e. The number of aryl methyl sites for hydroxylation is 2. The number of nitrogens with zero attached hydrogens (tertiary/aromatic N) is 3. The molecule has 0 fully saturated rings. The summed E-state index contributed by atoms with van der Waals surface area (Å²) in [5, 5.41) is 14.0. The van der Waals surface area contributed by atoms with Crippen molar-refractivity contribution in [2.75, 3.05) is 0 Å². The highest BCUT2D eigenvalue weighted by Crippen LogP contribution is 2.28. The van der Waals surface area contributed by atoms with Gasteiger partial charge in [0.15, 0.2) is 5.69 Å². The molecule has 0 aliphatic heterocycles. The van der Waals surface area contributed by atoms with Gasteiger partial charge in [0.25, 0.3) is 0 Å². The molecule has 6 rings (SSSR count). The number of oxazole rings is 1. The van der Waals surface area contributed by atoms with Gasteiger partial charge in [-0.2, -0.15) is 4.73 Å². The Morgan fingerprint density at radius 2 is 1.79 bits per heavy atom. The maximum atomic E-state index is 13.8. The normalized spacial score (nSPS) is 13.7. The second-order valence-corrected chi connectivity index (χ2v) is 11.7. The monoisotopic (exact) mass is 640 g/mol. The van der Waals surface area contributed by atoms with E-state index in [1.807, 2.05) is 42.1 Å². The Morgan fingerprint density at radius 1 is 1.06 bits per heavy atom. The molecule has 0 bridgehead atoms. The fourth-order valence-electron chi connectivity index (χ4n) is 5.57. The van der Waals surface area contributed by atoms with Gasteiger partial charge in [-0.05, 0) is 55.5 Å². The minimum atomic E-state index is -1.26. The summed E-state index contributed by atoms with van der Waals surface area (Å²) in [4.78, 5) is 48.3. The van der Waals surface area contributed by atoms with E-state index in [1.54, 1.807) is 26.0 Å². The van der Waals surface area contributed by atoms with Gasteiger partial charge < -0.3 is 24.2 Å². The van der Waals surface area contributed by atoms with E-state index in [-0.39, 0.29) is 23.8 Å². The number of carboxylic acid groups (broad SMARTS) is 1.